The van der Waals surface area contributed by atoms with Crippen molar-refractivity contribution in [3.63, 3.8) is 0 Å². The monoisotopic (exact) mass is 380 g/mol. The average Bonchev–Trinajstić information content (AvgIpc) is 2.72. The van der Waals surface area contributed by atoms with Gasteiger partial charge in [0.05, 0.1) is 0 Å². The Morgan fingerprint density at radius 3 is 2.61 bits per heavy atom. The number of piperazine rings is 1. The number of aromatic nitrogens is 1. The van der Waals surface area contributed by atoms with Crippen molar-refractivity contribution in [2.45, 2.75) is 6.92 Å². The van der Waals surface area contributed by atoms with Crippen LogP contribution < -0.4 is 10.2 Å². The van der Waals surface area contributed by atoms with Crippen molar-refractivity contribution in [3.8, 4) is 0 Å². The fraction of sp³-hybridized carbons (Fsp3) is 0.273. The van der Waals surface area contributed by atoms with Gasteiger partial charge >= 0.3 is 0 Å². The number of nitrogens with one attached hydrogen (secondary N) is 1. The number of halogens is 1. The second-order valence-corrected chi connectivity index (χ2v) is 6.71. The van der Waals surface area contributed by atoms with Gasteiger partial charge in [-0.05, 0) is 41.5 Å². The highest BCUT2D eigenvalue weighted by atomic mass is 19.1. The van der Waals surface area contributed by atoms with Gasteiger partial charge in [0.15, 0.2) is 0 Å². The Hall–Kier alpha value is -3.15. The van der Waals surface area contributed by atoms with Crippen LogP contribution in [0.2, 0.25) is 0 Å². The molecule has 0 radical (unpaired) electrons. The highest BCUT2D eigenvalue weighted by Crippen LogP contribution is 2.27. The first-order valence-electron chi connectivity index (χ1n) is 9.29. The van der Waals surface area contributed by atoms with Crippen LogP contribution in [0.5, 0.6) is 0 Å². The maximum Gasteiger partial charge on any atom is 0.219 e. The minimum absolute atomic E-state index is 0.100. The van der Waals surface area contributed by atoms with Gasteiger partial charge in [-0.15, -0.1) is 0 Å². The van der Waals surface area contributed by atoms with Crippen LogP contribution in [0.3, 0.4) is 0 Å². The van der Waals surface area contributed by atoms with Crippen LogP contribution >= 0.6 is 0 Å². The Morgan fingerprint density at radius 1 is 1.21 bits per heavy atom. The number of anilines is 1. The molecule has 1 aromatic carbocycles. The molecule has 1 saturated heterocycles. The zero-order valence-electron chi connectivity index (χ0n) is 16.3. The summed E-state index contributed by atoms with van der Waals surface area (Å²) in [5, 5.41) is 3.22. The van der Waals surface area contributed by atoms with Gasteiger partial charge in [-0.2, -0.15) is 0 Å². The van der Waals surface area contributed by atoms with Crippen molar-refractivity contribution in [3.05, 3.63) is 72.2 Å². The first-order chi connectivity index (χ1) is 13.5. The zero-order chi connectivity index (χ0) is 20.1. The van der Waals surface area contributed by atoms with Crippen LogP contribution in [0.1, 0.15) is 18.1 Å². The molecule has 0 aliphatic carbocycles. The fourth-order valence-corrected chi connectivity index (χ4v) is 3.32. The van der Waals surface area contributed by atoms with Gasteiger partial charge in [-0.25, -0.2) is 9.37 Å². The normalized spacial score (nSPS) is 14.8. The average molecular weight is 380 g/mol. The Balaban J connectivity index is 1.88. The van der Waals surface area contributed by atoms with E-state index in [0.29, 0.717) is 18.7 Å². The second-order valence-electron chi connectivity index (χ2n) is 6.71. The summed E-state index contributed by atoms with van der Waals surface area (Å²) in [7, 11) is 1.84. The van der Waals surface area contributed by atoms with Gasteiger partial charge < -0.3 is 15.1 Å². The number of carbonyl (C=O) groups excluding carboxylic acids is 1. The Bertz CT molecular complexity index is 901. The van der Waals surface area contributed by atoms with E-state index in [-0.39, 0.29) is 11.7 Å². The van der Waals surface area contributed by atoms with E-state index in [9.17, 15) is 9.18 Å². The van der Waals surface area contributed by atoms with E-state index in [4.69, 9.17) is 0 Å². The maximum atomic E-state index is 13.5. The first kappa shape index (κ1) is 19.6. The molecule has 1 amide bonds. The number of nitrogens with zero attached hydrogens (tertiary/aromatic N) is 3. The summed E-state index contributed by atoms with van der Waals surface area (Å²) in [6, 6.07) is 10.3. The van der Waals surface area contributed by atoms with Crippen LogP contribution in [0.25, 0.3) is 11.3 Å². The molecule has 1 fully saturated rings. The molecule has 0 unspecified atom stereocenters. The lowest BCUT2D eigenvalue weighted by Gasteiger charge is -2.35. The molecule has 2 aromatic rings. The first-order valence-corrected chi connectivity index (χ1v) is 9.29. The molecule has 5 nitrogen and oxygen atoms in total. The van der Waals surface area contributed by atoms with Crippen LogP contribution in [0, 0.1) is 5.82 Å². The molecular formula is C22H25FN4O. The highest BCUT2D eigenvalue weighted by molar-refractivity contribution is 5.85. The van der Waals surface area contributed by atoms with Gasteiger partial charge in [0.2, 0.25) is 5.91 Å². The van der Waals surface area contributed by atoms with Gasteiger partial charge in [-0.1, -0.05) is 18.7 Å². The molecule has 2 heterocycles. The Labute approximate surface area is 165 Å². The minimum atomic E-state index is -0.288. The van der Waals surface area contributed by atoms with Crippen LogP contribution in [-0.4, -0.2) is 49.0 Å². The molecular weight excluding hydrogens is 355 g/mol. The van der Waals surface area contributed by atoms with E-state index in [1.807, 2.05) is 36.2 Å². The predicted molar refractivity (Wildman–Crippen MR) is 111 cm³/mol. The lowest BCUT2D eigenvalue weighted by atomic mass is 10.0. The number of pyridine rings is 1. The number of carbonyl (C=O) groups is 1. The summed E-state index contributed by atoms with van der Waals surface area (Å²) in [5.41, 5.74) is 3.23. The number of rotatable bonds is 5. The Kier molecular flexibility index (Phi) is 6.09. The quantitative estimate of drug-likeness (QED) is 0.810. The van der Waals surface area contributed by atoms with E-state index in [2.05, 4.69) is 21.8 Å². The number of hydrogen-bond acceptors (Lipinski definition) is 4. The van der Waals surface area contributed by atoms with Gasteiger partial charge in [0, 0.05) is 57.6 Å². The van der Waals surface area contributed by atoms with Crippen LogP contribution in [0.4, 0.5) is 10.2 Å². The smallest absolute Gasteiger partial charge is 0.219 e. The van der Waals surface area contributed by atoms with Gasteiger partial charge in [-0.3, -0.25) is 4.79 Å². The molecule has 1 aliphatic heterocycles. The molecule has 0 saturated carbocycles. The van der Waals surface area contributed by atoms with Crippen LogP contribution in [0.15, 0.2) is 55.3 Å². The number of allylic oxidation sites excluding steroid dienone is 2. The molecule has 1 N–H and O–H groups in total. The van der Waals surface area contributed by atoms with Crippen molar-refractivity contribution in [2.75, 3.05) is 38.1 Å². The molecule has 3 rings (SSSR count). The number of benzene rings is 1. The molecule has 28 heavy (non-hydrogen) atoms. The zero-order valence-corrected chi connectivity index (χ0v) is 16.3. The molecule has 1 aliphatic rings. The molecule has 1 aromatic heterocycles. The van der Waals surface area contributed by atoms with Crippen molar-refractivity contribution in [1.29, 1.82) is 0 Å². The lowest BCUT2D eigenvalue weighted by molar-refractivity contribution is -0.129. The van der Waals surface area contributed by atoms with Crippen molar-refractivity contribution in [1.82, 2.24) is 15.2 Å². The number of amides is 1. The Morgan fingerprint density at radius 2 is 1.96 bits per heavy atom. The van der Waals surface area contributed by atoms with E-state index >= 15 is 0 Å². The summed E-state index contributed by atoms with van der Waals surface area (Å²) in [6.07, 6.45) is 3.67. The molecule has 0 atom stereocenters. The predicted octanol–water partition coefficient (Wildman–Crippen LogP) is 3.16. The number of hydrogen-bond donors (Lipinski definition) is 1. The summed E-state index contributed by atoms with van der Waals surface area (Å²) in [5.74, 6) is 0.671. The highest BCUT2D eigenvalue weighted by Gasteiger charge is 2.22. The van der Waals surface area contributed by atoms with E-state index < -0.39 is 0 Å². The maximum absolute atomic E-state index is 13.5. The third kappa shape index (κ3) is 4.39. The lowest BCUT2D eigenvalue weighted by Crippen LogP contribution is -2.48. The second kappa shape index (κ2) is 8.69. The fourth-order valence-electron chi connectivity index (χ4n) is 3.32. The standard InChI is InChI=1S/C22H25FN4O/c1-16(18-6-4-7-19(23)15-18)14-21(24-3)20-8-5-9-25-22(20)27-12-10-26(11-13-27)17(2)28/h4-9,14-15,24H,1,10-13H2,2-3H3/b21-14-. The van der Waals surface area contributed by atoms with E-state index in [1.54, 1.807) is 19.2 Å². The third-order valence-electron chi connectivity index (χ3n) is 4.88. The molecule has 146 valence electrons. The van der Waals surface area contributed by atoms with Crippen molar-refractivity contribution in [2.24, 2.45) is 0 Å². The topological polar surface area (TPSA) is 48.5 Å². The SMILES string of the molecule is C=C(/C=C(\NC)c1cccnc1N1CCN(C(C)=O)CC1)c1cccc(F)c1. The third-order valence-corrected chi connectivity index (χ3v) is 4.88. The summed E-state index contributed by atoms with van der Waals surface area (Å²) in [6.45, 7) is 8.50. The summed E-state index contributed by atoms with van der Waals surface area (Å²) >= 11 is 0. The molecule has 6 heteroatoms. The van der Waals surface area contributed by atoms with Gasteiger partial charge in [0.1, 0.15) is 11.6 Å². The molecule has 0 spiro atoms. The van der Waals surface area contributed by atoms with E-state index in [1.165, 1.54) is 12.1 Å². The van der Waals surface area contributed by atoms with Crippen molar-refractivity contribution < 1.29 is 9.18 Å². The van der Waals surface area contributed by atoms with Crippen molar-refractivity contribution >= 4 is 23.0 Å². The van der Waals surface area contributed by atoms with Crippen LogP contribution in [-0.2, 0) is 4.79 Å². The largest absolute Gasteiger partial charge is 0.388 e. The minimum Gasteiger partial charge on any atom is -0.388 e. The molecule has 0 bridgehead atoms. The summed E-state index contributed by atoms with van der Waals surface area (Å²) in [4.78, 5) is 20.2. The van der Waals surface area contributed by atoms with E-state index in [0.717, 1.165) is 35.7 Å². The summed E-state index contributed by atoms with van der Waals surface area (Å²) < 4.78 is 13.5. The van der Waals surface area contributed by atoms with Gasteiger partial charge in [0.25, 0.3) is 0 Å².